The Kier molecular flexibility index (Phi) is 8.69. The molecule has 13 heteroatoms. The van der Waals surface area contributed by atoms with Gasteiger partial charge in [0.15, 0.2) is 23.6 Å². The van der Waals surface area contributed by atoms with E-state index in [1.54, 1.807) is 0 Å². The topological polar surface area (TPSA) is 102 Å². The van der Waals surface area contributed by atoms with Crippen LogP contribution in [0.5, 0.6) is 0 Å². The van der Waals surface area contributed by atoms with Crippen molar-refractivity contribution in [1.82, 2.24) is 15.0 Å². The van der Waals surface area contributed by atoms with Gasteiger partial charge in [-0.25, -0.2) is 17.9 Å². The van der Waals surface area contributed by atoms with Crippen LogP contribution in [0.2, 0.25) is 0 Å². The molecule has 1 aliphatic heterocycles. The van der Waals surface area contributed by atoms with Crippen LogP contribution in [0, 0.1) is 17.5 Å². The summed E-state index contributed by atoms with van der Waals surface area (Å²) in [6, 6.07) is 10.0. The molecule has 0 radical (unpaired) electrons. The molecule has 1 aliphatic rings. The Morgan fingerprint density at radius 3 is 2.37 bits per heavy atom. The molecule has 4 rings (SSSR count). The summed E-state index contributed by atoms with van der Waals surface area (Å²) in [7, 11) is 2.66. The summed E-state index contributed by atoms with van der Waals surface area (Å²) in [5, 5.41) is 8.09. The third kappa shape index (κ3) is 6.00. The third-order valence-electron chi connectivity index (χ3n) is 5.88. The number of esters is 2. The second-order valence-electron chi connectivity index (χ2n) is 8.36. The van der Waals surface area contributed by atoms with Crippen LogP contribution < -0.4 is 0 Å². The monoisotopic (exact) mass is 551 g/mol. The number of hydrogen-bond donors (Lipinski definition) is 0. The number of carbonyl (C=O) groups excluding carboxylic acids is 2. The molecule has 0 spiro atoms. The normalized spacial score (nSPS) is 23.2. The molecule has 0 N–H and O–H groups in total. The average Bonchev–Trinajstić information content (AvgIpc) is 3.38. The molecule has 1 fully saturated rings. The van der Waals surface area contributed by atoms with Crippen LogP contribution in [0.15, 0.2) is 53.6 Å². The molecule has 1 saturated heterocycles. The zero-order chi connectivity index (χ0) is 27.4. The van der Waals surface area contributed by atoms with Gasteiger partial charge >= 0.3 is 11.9 Å². The van der Waals surface area contributed by atoms with Crippen molar-refractivity contribution < 1.29 is 41.7 Å². The molecule has 9 nitrogen and oxygen atoms in total. The predicted octanol–water partition coefficient (Wildman–Crippen LogP) is 3.93. The summed E-state index contributed by atoms with van der Waals surface area (Å²) in [6.45, 7) is 1.20. The summed E-state index contributed by atoms with van der Waals surface area (Å²) >= 11 is 1.32. The Hall–Kier alpha value is -3.42. The van der Waals surface area contributed by atoms with Gasteiger partial charge in [0.25, 0.3) is 0 Å². The molecule has 2 aromatic carbocycles. The molecule has 3 aromatic rings. The fourth-order valence-electron chi connectivity index (χ4n) is 4.18. The summed E-state index contributed by atoms with van der Waals surface area (Å²) < 4.78 is 65.0. The number of halogens is 3. The Bertz CT molecular complexity index is 1270. The van der Waals surface area contributed by atoms with Gasteiger partial charge in [0.1, 0.15) is 29.4 Å². The van der Waals surface area contributed by atoms with Crippen molar-refractivity contribution in [3.8, 4) is 11.3 Å². The van der Waals surface area contributed by atoms with Crippen LogP contribution in [0.3, 0.4) is 0 Å². The number of ether oxygens (including phenoxy) is 4. The van der Waals surface area contributed by atoms with Crippen LogP contribution in [0.4, 0.5) is 13.2 Å². The SMILES string of the molecule is COC(=O)C[C@H]1O[C@@H](Sc2ccccc2)[C@H](OC)[C@@H](n2cc(-c3cc(F)c(F)c(F)c3)nn2)[C@H]1OC(C)=O. The van der Waals surface area contributed by atoms with Gasteiger partial charge in [-0.1, -0.05) is 35.2 Å². The third-order valence-corrected chi connectivity index (χ3v) is 7.03. The lowest BCUT2D eigenvalue weighted by Gasteiger charge is -2.44. The lowest BCUT2D eigenvalue weighted by Crippen LogP contribution is -2.56. The summed E-state index contributed by atoms with van der Waals surface area (Å²) in [4.78, 5) is 25.2. The molecule has 2 heterocycles. The van der Waals surface area contributed by atoms with E-state index in [1.165, 1.54) is 43.8 Å². The van der Waals surface area contributed by atoms with Crippen molar-refractivity contribution in [2.24, 2.45) is 0 Å². The number of thioether (sulfide) groups is 1. The first-order chi connectivity index (χ1) is 18.2. The van der Waals surface area contributed by atoms with Gasteiger partial charge in [-0.05, 0) is 24.3 Å². The molecule has 0 aliphatic carbocycles. The molecule has 0 unspecified atom stereocenters. The number of carbonyl (C=O) groups is 2. The van der Waals surface area contributed by atoms with Crippen LogP contribution >= 0.6 is 11.8 Å². The molecule has 202 valence electrons. The first kappa shape index (κ1) is 27.6. The second-order valence-corrected chi connectivity index (χ2v) is 9.53. The number of nitrogens with zero attached hydrogens (tertiary/aromatic N) is 3. The van der Waals surface area contributed by atoms with Crippen LogP contribution in [0.1, 0.15) is 19.4 Å². The highest BCUT2D eigenvalue weighted by atomic mass is 32.2. The Balaban J connectivity index is 1.77. The summed E-state index contributed by atoms with van der Waals surface area (Å²) in [5.41, 5.74) is -0.733. The van der Waals surface area contributed by atoms with Gasteiger partial charge in [0.05, 0.1) is 19.7 Å². The van der Waals surface area contributed by atoms with Gasteiger partial charge in [0, 0.05) is 24.5 Å². The number of methoxy groups -OCH3 is 2. The zero-order valence-electron chi connectivity index (χ0n) is 20.5. The zero-order valence-corrected chi connectivity index (χ0v) is 21.4. The predicted molar refractivity (Wildman–Crippen MR) is 128 cm³/mol. The van der Waals surface area contributed by atoms with Crippen molar-refractivity contribution in [3.05, 3.63) is 66.1 Å². The molecule has 0 amide bonds. The minimum atomic E-state index is -1.61. The van der Waals surface area contributed by atoms with Crippen molar-refractivity contribution >= 4 is 23.7 Å². The number of rotatable bonds is 8. The largest absolute Gasteiger partial charge is 0.469 e. The molecule has 0 bridgehead atoms. The standard InChI is InChI=1S/C25H24F3N3O6S/c1-13(32)36-23-19(11-20(33)34-2)37-25(38-15-7-5-4-6-8-15)24(35-3)22(23)31-12-18(29-30-31)14-9-16(26)21(28)17(27)10-14/h4-10,12,19,22-25H,11H2,1-3H3/t19-,22+,23+,24-,25+/m1/s1. The van der Waals surface area contributed by atoms with E-state index in [1.807, 2.05) is 30.3 Å². The van der Waals surface area contributed by atoms with E-state index in [0.717, 1.165) is 17.0 Å². The van der Waals surface area contributed by atoms with Crippen LogP contribution in [0.25, 0.3) is 11.3 Å². The number of hydrogen-bond acceptors (Lipinski definition) is 9. The van der Waals surface area contributed by atoms with Crippen molar-refractivity contribution in [1.29, 1.82) is 0 Å². The first-order valence-electron chi connectivity index (χ1n) is 11.4. The summed E-state index contributed by atoms with van der Waals surface area (Å²) in [5.74, 6) is -5.62. The molecule has 38 heavy (non-hydrogen) atoms. The van der Waals surface area contributed by atoms with E-state index < -0.39 is 59.2 Å². The van der Waals surface area contributed by atoms with Crippen molar-refractivity contribution in [2.45, 2.75) is 48.0 Å². The van der Waals surface area contributed by atoms with Crippen LogP contribution in [-0.2, 0) is 28.5 Å². The van der Waals surface area contributed by atoms with Crippen LogP contribution in [-0.4, -0.2) is 64.9 Å². The molecule has 5 atom stereocenters. The quantitative estimate of drug-likeness (QED) is 0.304. The number of benzene rings is 2. The van der Waals surface area contributed by atoms with E-state index in [2.05, 4.69) is 10.3 Å². The minimum absolute atomic E-state index is 0.0301. The van der Waals surface area contributed by atoms with Gasteiger partial charge in [-0.15, -0.1) is 5.10 Å². The second kappa shape index (κ2) is 12.0. The highest BCUT2D eigenvalue weighted by molar-refractivity contribution is 7.99. The average molecular weight is 552 g/mol. The van der Waals surface area contributed by atoms with E-state index in [-0.39, 0.29) is 17.7 Å². The fraction of sp³-hybridized carbons (Fsp3) is 0.360. The molecular formula is C25H24F3N3O6S. The maximum absolute atomic E-state index is 13.9. The maximum atomic E-state index is 13.9. The Morgan fingerprint density at radius 2 is 1.76 bits per heavy atom. The van der Waals surface area contributed by atoms with Gasteiger partial charge in [-0.2, -0.15) is 0 Å². The first-order valence-corrected chi connectivity index (χ1v) is 12.3. The lowest BCUT2D eigenvalue weighted by molar-refractivity contribution is -0.202. The molecule has 0 saturated carbocycles. The Morgan fingerprint density at radius 1 is 1.08 bits per heavy atom. The molecular weight excluding hydrogens is 527 g/mol. The van der Waals surface area contributed by atoms with Gasteiger partial charge in [0.2, 0.25) is 0 Å². The fourth-order valence-corrected chi connectivity index (χ4v) is 5.37. The van der Waals surface area contributed by atoms with E-state index in [4.69, 9.17) is 18.9 Å². The van der Waals surface area contributed by atoms with Gasteiger partial charge < -0.3 is 18.9 Å². The highest BCUT2D eigenvalue weighted by Gasteiger charge is 2.50. The van der Waals surface area contributed by atoms with Crippen molar-refractivity contribution in [3.63, 3.8) is 0 Å². The highest BCUT2D eigenvalue weighted by Crippen LogP contribution is 2.41. The smallest absolute Gasteiger partial charge is 0.308 e. The summed E-state index contributed by atoms with van der Waals surface area (Å²) in [6.07, 6.45) is -1.72. The van der Waals surface area contributed by atoms with E-state index >= 15 is 0 Å². The van der Waals surface area contributed by atoms with Crippen molar-refractivity contribution in [2.75, 3.05) is 14.2 Å². The number of aromatic nitrogens is 3. The molecule has 1 aromatic heterocycles. The minimum Gasteiger partial charge on any atom is -0.469 e. The van der Waals surface area contributed by atoms with E-state index in [9.17, 15) is 22.8 Å². The van der Waals surface area contributed by atoms with Gasteiger partial charge in [-0.3, -0.25) is 9.59 Å². The maximum Gasteiger partial charge on any atom is 0.308 e. The van der Waals surface area contributed by atoms with E-state index in [0.29, 0.717) is 0 Å². The lowest BCUT2D eigenvalue weighted by atomic mass is 9.94. The Labute approximate surface area is 220 Å².